The number of nitrogens with one attached hydrogen (secondary N) is 1. The van der Waals surface area contributed by atoms with Gasteiger partial charge in [0.2, 0.25) is 0 Å². The number of hydrogen-bond acceptors (Lipinski definition) is 2. The van der Waals surface area contributed by atoms with E-state index >= 15 is 0 Å². The molecule has 0 saturated carbocycles. The summed E-state index contributed by atoms with van der Waals surface area (Å²) in [6, 6.07) is 18.7. The van der Waals surface area contributed by atoms with E-state index < -0.39 is 0 Å². The smallest absolute Gasteiger partial charge is 0.137 e. The van der Waals surface area contributed by atoms with Crippen LogP contribution in [0.3, 0.4) is 0 Å². The molecule has 0 radical (unpaired) electrons. The first-order valence-corrected chi connectivity index (χ1v) is 7.76. The number of anilines is 1. The summed E-state index contributed by atoms with van der Waals surface area (Å²) in [5.41, 5.74) is 6.05. The van der Waals surface area contributed by atoms with E-state index in [0.717, 1.165) is 33.7 Å². The molecule has 0 aliphatic carbocycles. The third-order valence-electron chi connectivity index (χ3n) is 4.14. The molecule has 3 nitrogen and oxygen atoms in total. The van der Waals surface area contributed by atoms with Crippen LogP contribution in [0.2, 0.25) is 0 Å². The van der Waals surface area contributed by atoms with E-state index in [2.05, 4.69) is 26.8 Å². The molecular formula is C20H16FN3. The lowest BCUT2D eigenvalue weighted by Gasteiger charge is -2.06. The van der Waals surface area contributed by atoms with E-state index in [0.29, 0.717) is 0 Å². The van der Waals surface area contributed by atoms with Gasteiger partial charge >= 0.3 is 0 Å². The van der Waals surface area contributed by atoms with Crippen molar-refractivity contribution >= 4 is 11.3 Å². The van der Waals surface area contributed by atoms with Gasteiger partial charge in [-0.15, -0.1) is 0 Å². The van der Waals surface area contributed by atoms with Gasteiger partial charge < -0.3 is 5.32 Å². The quantitative estimate of drug-likeness (QED) is 0.585. The van der Waals surface area contributed by atoms with Crippen molar-refractivity contribution in [3.8, 4) is 22.4 Å². The molecule has 0 saturated heterocycles. The van der Waals surface area contributed by atoms with Gasteiger partial charge in [0, 0.05) is 24.5 Å². The van der Waals surface area contributed by atoms with Gasteiger partial charge in [-0.1, -0.05) is 24.3 Å². The zero-order chi connectivity index (χ0) is 16.5. The predicted octanol–water partition coefficient (Wildman–Crippen LogP) is 4.85. The van der Waals surface area contributed by atoms with Crippen molar-refractivity contribution in [2.45, 2.75) is 0 Å². The van der Waals surface area contributed by atoms with Crippen molar-refractivity contribution in [1.82, 2.24) is 9.38 Å². The maximum absolute atomic E-state index is 13.1. The fraction of sp³-hybridized carbons (Fsp3) is 0.0500. The molecule has 118 valence electrons. The summed E-state index contributed by atoms with van der Waals surface area (Å²) in [7, 11) is 1.91. The minimum absolute atomic E-state index is 0.229. The molecule has 0 unspecified atom stereocenters. The van der Waals surface area contributed by atoms with E-state index in [1.165, 1.54) is 12.1 Å². The number of halogens is 1. The highest BCUT2D eigenvalue weighted by molar-refractivity contribution is 5.72. The van der Waals surface area contributed by atoms with Crippen LogP contribution in [0, 0.1) is 5.82 Å². The molecule has 2 aromatic heterocycles. The maximum Gasteiger partial charge on any atom is 0.137 e. The molecule has 0 fully saturated rings. The number of pyridine rings is 1. The van der Waals surface area contributed by atoms with Crippen molar-refractivity contribution in [1.29, 1.82) is 0 Å². The van der Waals surface area contributed by atoms with Crippen LogP contribution in [0.1, 0.15) is 0 Å². The second kappa shape index (κ2) is 5.81. The van der Waals surface area contributed by atoms with E-state index in [-0.39, 0.29) is 5.82 Å². The lowest BCUT2D eigenvalue weighted by molar-refractivity contribution is 0.628. The number of benzene rings is 2. The molecule has 2 heterocycles. The monoisotopic (exact) mass is 317 g/mol. The van der Waals surface area contributed by atoms with Crippen molar-refractivity contribution < 1.29 is 4.39 Å². The largest absolute Gasteiger partial charge is 0.388 e. The summed E-state index contributed by atoms with van der Waals surface area (Å²) >= 11 is 0. The first-order valence-electron chi connectivity index (χ1n) is 7.76. The van der Waals surface area contributed by atoms with Crippen LogP contribution in [0.15, 0.2) is 73.1 Å². The summed E-state index contributed by atoms with van der Waals surface area (Å²) in [4.78, 5) is 4.52. The first-order chi connectivity index (χ1) is 11.7. The average Bonchev–Trinajstić information content (AvgIpc) is 3.05. The number of nitrogens with zero attached hydrogens (tertiary/aromatic N) is 2. The van der Waals surface area contributed by atoms with Crippen molar-refractivity contribution in [2.75, 3.05) is 12.4 Å². The Morgan fingerprint density at radius 2 is 1.75 bits per heavy atom. The number of aromatic nitrogens is 2. The summed E-state index contributed by atoms with van der Waals surface area (Å²) in [6.45, 7) is 0. The third kappa shape index (κ3) is 2.52. The molecule has 0 aliphatic rings. The van der Waals surface area contributed by atoms with Gasteiger partial charge in [0.25, 0.3) is 0 Å². The molecule has 4 aromatic rings. The standard InChI is InChI=1S/C20H16FN3/c1-22-18-4-2-3-16(11-18)19-13-23-20-12-15(9-10-24(19)20)14-5-7-17(21)8-6-14/h2-13,22H,1H3. The SMILES string of the molecule is CNc1cccc(-c2cnc3cc(-c4ccc(F)cc4)ccn23)c1. The van der Waals surface area contributed by atoms with E-state index in [1.807, 2.05) is 43.7 Å². The highest BCUT2D eigenvalue weighted by Crippen LogP contribution is 2.26. The maximum atomic E-state index is 13.1. The van der Waals surface area contributed by atoms with Gasteiger partial charge in [-0.3, -0.25) is 4.40 Å². The molecular weight excluding hydrogens is 301 g/mol. The van der Waals surface area contributed by atoms with Crippen LogP contribution in [-0.4, -0.2) is 16.4 Å². The van der Waals surface area contributed by atoms with Crippen molar-refractivity contribution in [3.63, 3.8) is 0 Å². The van der Waals surface area contributed by atoms with Crippen LogP contribution < -0.4 is 5.32 Å². The molecule has 4 heteroatoms. The normalized spacial score (nSPS) is 10.9. The van der Waals surface area contributed by atoms with E-state index in [1.54, 1.807) is 12.1 Å². The Hall–Kier alpha value is -3.14. The molecule has 2 aromatic carbocycles. The van der Waals surface area contributed by atoms with E-state index in [9.17, 15) is 4.39 Å². The van der Waals surface area contributed by atoms with Gasteiger partial charge in [0.15, 0.2) is 0 Å². The summed E-state index contributed by atoms with van der Waals surface area (Å²) in [5, 5.41) is 3.15. The van der Waals surface area contributed by atoms with Gasteiger partial charge in [0.05, 0.1) is 11.9 Å². The number of imidazole rings is 1. The topological polar surface area (TPSA) is 29.3 Å². The predicted molar refractivity (Wildman–Crippen MR) is 95.6 cm³/mol. The molecule has 4 rings (SSSR count). The number of rotatable bonds is 3. The second-order valence-corrected chi connectivity index (χ2v) is 5.62. The Bertz CT molecular complexity index is 1000. The summed E-state index contributed by atoms with van der Waals surface area (Å²) < 4.78 is 15.1. The molecule has 0 spiro atoms. The molecule has 0 atom stereocenters. The number of fused-ring (bicyclic) bond motifs is 1. The summed E-state index contributed by atoms with van der Waals surface area (Å²) in [5.74, 6) is -0.229. The second-order valence-electron chi connectivity index (χ2n) is 5.62. The van der Waals surface area contributed by atoms with Gasteiger partial charge in [-0.2, -0.15) is 0 Å². The molecule has 0 aliphatic heterocycles. The molecule has 24 heavy (non-hydrogen) atoms. The zero-order valence-electron chi connectivity index (χ0n) is 13.2. The Balaban J connectivity index is 1.79. The fourth-order valence-electron chi connectivity index (χ4n) is 2.85. The Morgan fingerprint density at radius 3 is 2.54 bits per heavy atom. The van der Waals surface area contributed by atoms with Crippen molar-refractivity contribution in [2.24, 2.45) is 0 Å². The molecule has 0 bridgehead atoms. The highest BCUT2D eigenvalue weighted by Gasteiger charge is 2.08. The molecule has 1 N–H and O–H groups in total. The van der Waals surface area contributed by atoms with Crippen molar-refractivity contribution in [3.05, 3.63) is 78.9 Å². The Kier molecular flexibility index (Phi) is 3.50. The fourth-order valence-corrected chi connectivity index (χ4v) is 2.85. The average molecular weight is 317 g/mol. The lowest BCUT2D eigenvalue weighted by Crippen LogP contribution is -1.91. The number of hydrogen-bond donors (Lipinski definition) is 1. The van der Waals surface area contributed by atoms with E-state index in [4.69, 9.17) is 0 Å². The molecule has 0 amide bonds. The van der Waals surface area contributed by atoms with Crippen LogP contribution >= 0.6 is 0 Å². The third-order valence-corrected chi connectivity index (χ3v) is 4.14. The van der Waals surface area contributed by atoms with Gasteiger partial charge in [-0.25, -0.2) is 9.37 Å². The summed E-state index contributed by atoms with van der Waals surface area (Å²) in [6.07, 6.45) is 3.88. The van der Waals surface area contributed by atoms with Crippen LogP contribution in [0.25, 0.3) is 28.0 Å². The minimum Gasteiger partial charge on any atom is -0.388 e. The van der Waals surface area contributed by atoms with Gasteiger partial charge in [0.1, 0.15) is 11.5 Å². The first kappa shape index (κ1) is 14.5. The minimum atomic E-state index is -0.229. The Labute approximate surface area is 139 Å². The van der Waals surface area contributed by atoms with Gasteiger partial charge in [-0.05, 0) is 47.5 Å². The Morgan fingerprint density at radius 1 is 0.917 bits per heavy atom. The van der Waals surface area contributed by atoms with Crippen LogP contribution in [-0.2, 0) is 0 Å². The highest BCUT2D eigenvalue weighted by atomic mass is 19.1. The zero-order valence-corrected chi connectivity index (χ0v) is 13.2. The van der Waals surface area contributed by atoms with Crippen LogP contribution in [0.5, 0.6) is 0 Å². The lowest BCUT2D eigenvalue weighted by atomic mass is 10.1. The van der Waals surface area contributed by atoms with Crippen LogP contribution in [0.4, 0.5) is 10.1 Å².